The molecule has 0 saturated heterocycles. The molecule has 0 bridgehead atoms. The number of esters is 1. The van der Waals surface area contributed by atoms with Gasteiger partial charge in [-0.2, -0.15) is 10.1 Å². The summed E-state index contributed by atoms with van der Waals surface area (Å²) >= 11 is 0. The summed E-state index contributed by atoms with van der Waals surface area (Å²) < 4.78 is 6.31. The molecule has 1 amide bonds. The number of fused-ring (bicyclic) bond motifs is 1. The first-order valence-corrected chi connectivity index (χ1v) is 6.06. The van der Waals surface area contributed by atoms with Crippen LogP contribution < -0.4 is 5.32 Å². The number of hydrogen-bond donors (Lipinski definition) is 1. The van der Waals surface area contributed by atoms with E-state index >= 15 is 0 Å². The van der Waals surface area contributed by atoms with E-state index in [4.69, 9.17) is 0 Å². The maximum Gasteiger partial charge on any atom is 0.337 e. The third-order valence-electron chi connectivity index (χ3n) is 3.21. The highest BCUT2D eigenvalue weighted by molar-refractivity contribution is 5.91. The molecule has 2 heterocycles. The molecule has 0 spiro atoms. The first kappa shape index (κ1) is 12.3. The van der Waals surface area contributed by atoms with Crippen molar-refractivity contribution in [2.24, 2.45) is 0 Å². The van der Waals surface area contributed by atoms with E-state index in [0.29, 0.717) is 11.5 Å². The number of anilines is 1. The van der Waals surface area contributed by atoms with Gasteiger partial charge in [0, 0.05) is 0 Å². The number of nitrogens with one attached hydrogen (secondary N) is 1. The van der Waals surface area contributed by atoms with E-state index in [1.54, 1.807) is 28.9 Å². The smallest absolute Gasteiger partial charge is 0.337 e. The second kappa shape index (κ2) is 4.76. The monoisotopic (exact) mass is 272 g/mol. The van der Waals surface area contributed by atoms with Crippen LogP contribution in [0.1, 0.15) is 28.4 Å². The van der Waals surface area contributed by atoms with Crippen molar-refractivity contribution in [2.75, 3.05) is 12.4 Å². The molecule has 102 valence electrons. The zero-order valence-electron chi connectivity index (χ0n) is 10.7. The maximum atomic E-state index is 11.7. The number of hydrogen-bond acceptors (Lipinski definition) is 5. The highest BCUT2D eigenvalue weighted by Crippen LogP contribution is 2.28. The number of rotatable bonds is 2. The molecule has 3 rings (SSSR count). The molecule has 1 N–H and O–H groups in total. The minimum absolute atomic E-state index is 0.104. The van der Waals surface area contributed by atoms with Crippen molar-refractivity contribution in [1.82, 2.24) is 14.8 Å². The van der Waals surface area contributed by atoms with Gasteiger partial charge in [0.1, 0.15) is 6.33 Å². The van der Waals surface area contributed by atoms with Crippen molar-refractivity contribution in [3.63, 3.8) is 0 Å². The summed E-state index contributed by atoms with van der Waals surface area (Å²) in [6.45, 7) is 0. The minimum Gasteiger partial charge on any atom is -0.465 e. The highest BCUT2D eigenvalue weighted by atomic mass is 16.5. The van der Waals surface area contributed by atoms with E-state index < -0.39 is 0 Å². The van der Waals surface area contributed by atoms with E-state index in [0.717, 1.165) is 5.56 Å². The lowest BCUT2D eigenvalue weighted by molar-refractivity contribution is -0.117. The Kier molecular flexibility index (Phi) is 2.94. The van der Waals surface area contributed by atoms with Crippen molar-refractivity contribution in [2.45, 2.75) is 12.5 Å². The minimum atomic E-state index is -0.389. The number of nitrogens with zero attached hydrogens (tertiary/aromatic N) is 3. The predicted octanol–water partition coefficient (Wildman–Crippen LogP) is 0.996. The van der Waals surface area contributed by atoms with E-state index in [1.165, 1.54) is 13.4 Å². The van der Waals surface area contributed by atoms with Crippen LogP contribution in [-0.4, -0.2) is 33.8 Å². The van der Waals surface area contributed by atoms with Crippen LogP contribution in [-0.2, 0) is 9.53 Å². The number of methoxy groups -OCH3 is 1. The lowest BCUT2D eigenvalue weighted by Crippen LogP contribution is -2.29. The normalized spacial score (nSPS) is 17.2. The fourth-order valence-corrected chi connectivity index (χ4v) is 2.22. The molecule has 20 heavy (non-hydrogen) atoms. The van der Waals surface area contributed by atoms with Gasteiger partial charge in [-0.05, 0) is 17.7 Å². The first-order valence-electron chi connectivity index (χ1n) is 6.06. The number of carbonyl (C=O) groups excluding carboxylic acids is 2. The SMILES string of the molecule is COC(=O)c1ccc([C@H]2CC(=O)Nc3ncnn32)cc1. The molecule has 2 aromatic rings. The Morgan fingerprint density at radius 2 is 2.15 bits per heavy atom. The van der Waals surface area contributed by atoms with Gasteiger partial charge in [-0.25, -0.2) is 9.48 Å². The Morgan fingerprint density at radius 3 is 2.85 bits per heavy atom. The molecule has 1 atom stereocenters. The van der Waals surface area contributed by atoms with Gasteiger partial charge in [0.2, 0.25) is 11.9 Å². The number of aromatic nitrogens is 3. The summed E-state index contributed by atoms with van der Waals surface area (Å²) in [7, 11) is 1.34. The van der Waals surface area contributed by atoms with Crippen LogP contribution in [0.2, 0.25) is 0 Å². The Labute approximate surface area is 114 Å². The van der Waals surface area contributed by atoms with Crippen LogP contribution >= 0.6 is 0 Å². The second-order valence-corrected chi connectivity index (χ2v) is 4.41. The molecule has 0 radical (unpaired) electrons. The summed E-state index contributed by atoms with van der Waals surface area (Å²) in [5, 5.41) is 6.78. The molecule has 0 saturated carbocycles. The van der Waals surface area contributed by atoms with Gasteiger partial charge in [0.25, 0.3) is 0 Å². The summed E-state index contributed by atoms with van der Waals surface area (Å²) in [6.07, 6.45) is 1.69. The van der Waals surface area contributed by atoms with Gasteiger partial charge in [-0.3, -0.25) is 10.1 Å². The predicted molar refractivity (Wildman–Crippen MR) is 69.2 cm³/mol. The van der Waals surface area contributed by atoms with E-state index in [-0.39, 0.29) is 24.3 Å². The number of amides is 1. The third-order valence-corrected chi connectivity index (χ3v) is 3.21. The highest BCUT2D eigenvalue weighted by Gasteiger charge is 2.27. The van der Waals surface area contributed by atoms with Crippen LogP contribution in [0.3, 0.4) is 0 Å². The Bertz CT molecular complexity index is 663. The summed E-state index contributed by atoms with van der Waals surface area (Å²) in [4.78, 5) is 27.0. The number of carbonyl (C=O) groups is 2. The van der Waals surface area contributed by atoms with Crippen LogP contribution in [0.4, 0.5) is 5.95 Å². The Hall–Kier alpha value is -2.70. The third kappa shape index (κ3) is 2.03. The molecule has 0 unspecified atom stereocenters. The molecular formula is C13H12N4O3. The average Bonchev–Trinajstić information content (AvgIpc) is 2.94. The molecule has 7 heteroatoms. The first-order chi connectivity index (χ1) is 9.69. The van der Waals surface area contributed by atoms with Gasteiger partial charge in [-0.1, -0.05) is 12.1 Å². The second-order valence-electron chi connectivity index (χ2n) is 4.41. The molecule has 7 nitrogen and oxygen atoms in total. The van der Waals surface area contributed by atoms with Gasteiger partial charge in [-0.15, -0.1) is 0 Å². The number of benzene rings is 1. The standard InChI is InChI=1S/C13H12N4O3/c1-20-12(19)9-4-2-8(3-5-9)10-6-11(18)16-13-14-7-15-17(10)13/h2-5,7,10H,6H2,1H3,(H,14,15,16,18)/t10-/m1/s1. The topological polar surface area (TPSA) is 86.1 Å². The lowest BCUT2D eigenvalue weighted by atomic mass is 10.0. The van der Waals surface area contributed by atoms with Gasteiger partial charge in [0.05, 0.1) is 25.1 Å². The molecular weight excluding hydrogens is 260 g/mol. The maximum absolute atomic E-state index is 11.7. The van der Waals surface area contributed by atoms with Gasteiger partial charge >= 0.3 is 5.97 Å². The Morgan fingerprint density at radius 1 is 1.40 bits per heavy atom. The van der Waals surface area contributed by atoms with E-state index in [1.807, 2.05) is 0 Å². The van der Waals surface area contributed by atoms with Crippen molar-refractivity contribution >= 4 is 17.8 Å². The summed E-state index contributed by atoms with van der Waals surface area (Å²) in [5.74, 6) is -0.0600. The van der Waals surface area contributed by atoms with Gasteiger partial charge in [0.15, 0.2) is 0 Å². The van der Waals surface area contributed by atoms with Gasteiger partial charge < -0.3 is 4.74 Å². The molecule has 0 aliphatic carbocycles. The zero-order chi connectivity index (χ0) is 14.1. The van der Waals surface area contributed by atoms with Crippen LogP contribution in [0.5, 0.6) is 0 Å². The molecule has 1 aliphatic heterocycles. The van der Waals surface area contributed by atoms with Crippen molar-refractivity contribution in [1.29, 1.82) is 0 Å². The van der Waals surface area contributed by atoms with E-state index in [2.05, 4.69) is 20.1 Å². The molecule has 1 aromatic heterocycles. The van der Waals surface area contributed by atoms with Crippen molar-refractivity contribution in [3.05, 3.63) is 41.7 Å². The molecule has 0 fully saturated rings. The van der Waals surface area contributed by atoms with Crippen LogP contribution in [0, 0.1) is 0 Å². The largest absolute Gasteiger partial charge is 0.465 e. The summed E-state index contributed by atoms with van der Waals surface area (Å²) in [6, 6.07) is 6.71. The molecule has 1 aromatic carbocycles. The quantitative estimate of drug-likeness (QED) is 0.824. The van der Waals surface area contributed by atoms with Crippen molar-refractivity contribution in [3.8, 4) is 0 Å². The fraction of sp³-hybridized carbons (Fsp3) is 0.231. The molecule has 1 aliphatic rings. The van der Waals surface area contributed by atoms with E-state index in [9.17, 15) is 9.59 Å². The fourth-order valence-electron chi connectivity index (χ4n) is 2.22. The van der Waals surface area contributed by atoms with Crippen molar-refractivity contribution < 1.29 is 14.3 Å². The zero-order valence-corrected chi connectivity index (χ0v) is 10.7. The Balaban J connectivity index is 1.94. The van der Waals surface area contributed by atoms with Crippen LogP contribution in [0.15, 0.2) is 30.6 Å². The lowest BCUT2D eigenvalue weighted by Gasteiger charge is -2.23. The average molecular weight is 272 g/mol. The number of ether oxygens (including phenoxy) is 1. The summed E-state index contributed by atoms with van der Waals surface area (Å²) in [5.41, 5.74) is 1.36. The van der Waals surface area contributed by atoms with Crippen LogP contribution in [0.25, 0.3) is 0 Å².